The zero-order valence-corrected chi connectivity index (χ0v) is 10.1. The first-order valence-electron chi connectivity index (χ1n) is 5.72. The molecule has 0 aromatic rings. The van der Waals surface area contributed by atoms with Gasteiger partial charge < -0.3 is 14.8 Å². The molecule has 0 saturated carbocycles. The molecule has 8 heteroatoms. The van der Waals surface area contributed by atoms with Crippen LogP contribution >= 0.6 is 0 Å². The van der Waals surface area contributed by atoms with Gasteiger partial charge in [0.15, 0.2) is 6.61 Å². The minimum absolute atomic E-state index is 0.146. The van der Waals surface area contributed by atoms with Crippen LogP contribution in [0.15, 0.2) is 0 Å². The molecule has 1 rings (SSSR count). The molecule has 1 atom stereocenters. The summed E-state index contributed by atoms with van der Waals surface area (Å²) in [5.41, 5.74) is 0. The van der Waals surface area contributed by atoms with Gasteiger partial charge in [0, 0.05) is 19.6 Å². The number of halogens is 3. The molecule has 1 amide bonds. The first-order valence-corrected chi connectivity index (χ1v) is 5.72. The van der Waals surface area contributed by atoms with E-state index >= 15 is 0 Å². The zero-order valence-electron chi connectivity index (χ0n) is 10.1. The first kappa shape index (κ1) is 15.0. The van der Waals surface area contributed by atoms with E-state index in [1.165, 1.54) is 0 Å². The number of alkyl carbamates (subject to hydrolysis) is 1. The van der Waals surface area contributed by atoms with Crippen molar-refractivity contribution >= 4 is 6.09 Å². The molecular weight excluding hydrogens is 253 g/mol. The maximum absolute atomic E-state index is 11.8. The van der Waals surface area contributed by atoms with Crippen LogP contribution in [0, 0.1) is 0 Å². The van der Waals surface area contributed by atoms with Crippen molar-refractivity contribution in [3.8, 4) is 0 Å². The zero-order chi connectivity index (χ0) is 13.6. The highest BCUT2D eigenvalue weighted by atomic mass is 19.4. The largest absolute Gasteiger partial charge is 0.440 e. The van der Waals surface area contributed by atoms with Gasteiger partial charge in [0.2, 0.25) is 0 Å². The summed E-state index contributed by atoms with van der Waals surface area (Å²) < 4.78 is 44.7. The Morgan fingerprint density at radius 1 is 1.56 bits per heavy atom. The van der Waals surface area contributed by atoms with E-state index in [0.29, 0.717) is 13.2 Å². The van der Waals surface area contributed by atoms with Gasteiger partial charge in [-0.15, -0.1) is 0 Å². The number of carbonyl (C=O) groups is 1. The summed E-state index contributed by atoms with van der Waals surface area (Å²) in [6.07, 6.45) is -5.79. The summed E-state index contributed by atoms with van der Waals surface area (Å²) in [6, 6.07) is 0. The third-order valence-corrected chi connectivity index (χ3v) is 2.51. The van der Waals surface area contributed by atoms with Gasteiger partial charge in [-0.2, -0.15) is 13.2 Å². The Morgan fingerprint density at radius 2 is 2.28 bits per heavy atom. The molecule has 0 aromatic carbocycles. The fourth-order valence-corrected chi connectivity index (χ4v) is 1.59. The van der Waals surface area contributed by atoms with Crippen LogP contribution in [0.3, 0.4) is 0 Å². The Hall–Kier alpha value is -1.02. The van der Waals surface area contributed by atoms with Crippen LogP contribution in [0.25, 0.3) is 0 Å². The maximum Gasteiger partial charge on any atom is 0.422 e. The van der Waals surface area contributed by atoms with E-state index < -0.39 is 18.9 Å². The molecule has 0 radical (unpaired) electrons. The van der Waals surface area contributed by atoms with Gasteiger partial charge in [-0.1, -0.05) is 6.92 Å². The highest BCUT2D eigenvalue weighted by Gasteiger charge is 2.29. The summed E-state index contributed by atoms with van der Waals surface area (Å²) in [7, 11) is 0. The van der Waals surface area contributed by atoms with Crippen LogP contribution in [0.2, 0.25) is 0 Å². The molecule has 1 unspecified atom stereocenters. The lowest BCUT2D eigenvalue weighted by molar-refractivity contribution is -0.160. The molecule has 0 spiro atoms. The van der Waals surface area contributed by atoms with Crippen molar-refractivity contribution in [1.82, 2.24) is 10.2 Å². The fraction of sp³-hybridized carbons (Fsp3) is 0.900. The first-order chi connectivity index (χ1) is 8.40. The molecule has 1 aliphatic rings. The molecule has 5 nitrogen and oxygen atoms in total. The minimum Gasteiger partial charge on any atom is -0.440 e. The van der Waals surface area contributed by atoms with Crippen LogP contribution in [-0.4, -0.2) is 62.7 Å². The van der Waals surface area contributed by atoms with Crippen molar-refractivity contribution < 1.29 is 27.4 Å². The van der Waals surface area contributed by atoms with E-state index in [9.17, 15) is 18.0 Å². The Morgan fingerprint density at radius 3 is 2.89 bits per heavy atom. The van der Waals surface area contributed by atoms with Crippen LogP contribution in [0.1, 0.15) is 6.92 Å². The van der Waals surface area contributed by atoms with Crippen molar-refractivity contribution in [3.63, 3.8) is 0 Å². The Bertz CT molecular complexity index is 274. The number of hydrogen-bond acceptors (Lipinski definition) is 4. The third kappa shape index (κ3) is 6.06. The molecule has 1 N–H and O–H groups in total. The van der Waals surface area contributed by atoms with E-state index in [1.54, 1.807) is 0 Å². The van der Waals surface area contributed by atoms with Crippen molar-refractivity contribution in [2.24, 2.45) is 0 Å². The van der Waals surface area contributed by atoms with Gasteiger partial charge in [-0.25, -0.2) is 4.79 Å². The second-order valence-corrected chi connectivity index (χ2v) is 3.96. The topological polar surface area (TPSA) is 50.8 Å². The minimum atomic E-state index is -4.50. The molecule has 1 saturated heterocycles. The number of nitrogens with zero attached hydrogens (tertiary/aromatic N) is 1. The average Bonchev–Trinajstić information content (AvgIpc) is 2.33. The van der Waals surface area contributed by atoms with E-state index in [-0.39, 0.29) is 12.6 Å². The Balaban J connectivity index is 2.18. The van der Waals surface area contributed by atoms with Crippen LogP contribution in [0.4, 0.5) is 18.0 Å². The number of alkyl halides is 3. The van der Waals surface area contributed by atoms with Gasteiger partial charge in [0.25, 0.3) is 0 Å². The number of likely N-dealkylation sites (N-methyl/N-ethyl adjacent to an activating group) is 1. The monoisotopic (exact) mass is 270 g/mol. The second-order valence-electron chi connectivity index (χ2n) is 3.96. The number of amides is 1. The highest BCUT2D eigenvalue weighted by Crippen LogP contribution is 2.14. The van der Waals surface area contributed by atoms with Crippen molar-refractivity contribution in [3.05, 3.63) is 0 Å². The second kappa shape index (κ2) is 6.79. The van der Waals surface area contributed by atoms with Gasteiger partial charge in [0.05, 0.1) is 12.7 Å². The van der Waals surface area contributed by atoms with Crippen molar-refractivity contribution in [2.45, 2.75) is 19.2 Å². The lowest BCUT2D eigenvalue weighted by Crippen LogP contribution is -2.47. The number of carbonyl (C=O) groups excluding carboxylic acids is 1. The van der Waals surface area contributed by atoms with E-state index in [1.807, 2.05) is 6.92 Å². The number of nitrogens with one attached hydrogen (secondary N) is 1. The summed E-state index contributed by atoms with van der Waals surface area (Å²) in [5.74, 6) is 0. The van der Waals surface area contributed by atoms with Gasteiger partial charge in [-0.3, -0.25) is 4.90 Å². The normalized spacial score (nSPS) is 21.7. The summed E-state index contributed by atoms with van der Waals surface area (Å²) in [4.78, 5) is 13.1. The quantitative estimate of drug-likeness (QED) is 0.828. The molecule has 1 heterocycles. The average molecular weight is 270 g/mol. The summed E-state index contributed by atoms with van der Waals surface area (Å²) in [6.45, 7) is 3.48. The maximum atomic E-state index is 11.8. The van der Waals surface area contributed by atoms with Crippen molar-refractivity contribution in [2.75, 3.05) is 39.4 Å². The van der Waals surface area contributed by atoms with Crippen LogP contribution < -0.4 is 5.32 Å². The lowest BCUT2D eigenvalue weighted by Gasteiger charge is -2.31. The molecule has 0 aliphatic carbocycles. The standard InChI is InChI=1S/C10H17F3N2O3/c1-2-15-3-4-17-8(6-15)5-14-9(16)18-7-10(11,12)13/h8H,2-7H2,1H3,(H,14,16). The van der Waals surface area contributed by atoms with Gasteiger partial charge in [-0.05, 0) is 6.54 Å². The van der Waals surface area contributed by atoms with E-state index in [0.717, 1.165) is 13.1 Å². The summed E-state index contributed by atoms with van der Waals surface area (Å²) >= 11 is 0. The molecule has 18 heavy (non-hydrogen) atoms. The van der Waals surface area contributed by atoms with Gasteiger partial charge in [0.1, 0.15) is 0 Å². The highest BCUT2D eigenvalue weighted by molar-refractivity contribution is 5.67. The van der Waals surface area contributed by atoms with Crippen LogP contribution in [0.5, 0.6) is 0 Å². The Labute approximate surface area is 103 Å². The lowest BCUT2D eigenvalue weighted by atomic mass is 10.2. The third-order valence-electron chi connectivity index (χ3n) is 2.51. The SMILES string of the molecule is CCN1CCOC(CNC(=O)OCC(F)(F)F)C1. The molecule has 1 aliphatic heterocycles. The fourth-order valence-electron chi connectivity index (χ4n) is 1.59. The molecule has 0 aromatic heterocycles. The number of morpholine rings is 1. The molecule has 106 valence electrons. The Kier molecular flexibility index (Phi) is 5.67. The number of hydrogen-bond donors (Lipinski definition) is 1. The number of rotatable bonds is 4. The predicted octanol–water partition coefficient (Wildman–Crippen LogP) is 0.996. The summed E-state index contributed by atoms with van der Waals surface area (Å²) in [5, 5.41) is 2.26. The number of ether oxygens (including phenoxy) is 2. The molecule has 0 bridgehead atoms. The van der Waals surface area contributed by atoms with Crippen molar-refractivity contribution in [1.29, 1.82) is 0 Å². The van der Waals surface area contributed by atoms with Crippen LogP contribution in [-0.2, 0) is 9.47 Å². The molecule has 1 fully saturated rings. The predicted molar refractivity (Wildman–Crippen MR) is 57.3 cm³/mol. The van der Waals surface area contributed by atoms with Gasteiger partial charge >= 0.3 is 12.3 Å². The van der Waals surface area contributed by atoms with E-state index in [4.69, 9.17) is 4.74 Å². The van der Waals surface area contributed by atoms with E-state index in [2.05, 4.69) is 15.0 Å². The smallest absolute Gasteiger partial charge is 0.422 e. The molecular formula is C10H17F3N2O3.